The van der Waals surface area contributed by atoms with Gasteiger partial charge in [0.05, 0.1) is 18.5 Å². The summed E-state index contributed by atoms with van der Waals surface area (Å²) >= 11 is 0. The van der Waals surface area contributed by atoms with Crippen LogP contribution in [-0.4, -0.2) is 27.1 Å². The summed E-state index contributed by atoms with van der Waals surface area (Å²) in [6.45, 7) is 1.97. The van der Waals surface area contributed by atoms with Crippen molar-refractivity contribution in [3.63, 3.8) is 0 Å². The Bertz CT molecular complexity index is 768. The van der Waals surface area contributed by atoms with Crippen molar-refractivity contribution in [1.29, 1.82) is 0 Å². The first-order chi connectivity index (χ1) is 10.3. The fourth-order valence-electron chi connectivity index (χ4n) is 1.94. The highest BCUT2D eigenvalue weighted by Gasteiger charge is 2.10. The molecule has 3 rings (SSSR count). The lowest BCUT2D eigenvalue weighted by Crippen LogP contribution is -2.10. The second-order valence-electron chi connectivity index (χ2n) is 4.26. The van der Waals surface area contributed by atoms with Crippen LogP contribution in [-0.2, 0) is 4.74 Å². The number of hydrogen-bond donors (Lipinski definition) is 0. The van der Waals surface area contributed by atoms with Crippen molar-refractivity contribution in [3.8, 4) is 17.1 Å². The molecule has 0 N–H and O–H groups in total. The molecular formula is C15H13N3O3. The summed E-state index contributed by atoms with van der Waals surface area (Å²) in [5.74, 6) is 0.201. The van der Waals surface area contributed by atoms with Gasteiger partial charge in [0.2, 0.25) is 5.88 Å². The Kier molecular flexibility index (Phi) is 3.51. The fourth-order valence-corrected chi connectivity index (χ4v) is 1.94. The van der Waals surface area contributed by atoms with Gasteiger partial charge in [0.1, 0.15) is 5.65 Å². The number of fused-ring (bicyclic) bond motifs is 1. The molecule has 0 saturated carbocycles. The molecule has 3 aromatic rings. The third-order valence-corrected chi connectivity index (χ3v) is 2.84. The lowest BCUT2D eigenvalue weighted by Gasteiger charge is -2.00. The minimum absolute atomic E-state index is 0.201. The van der Waals surface area contributed by atoms with Gasteiger partial charge in [-0.25, -0.2) is 4.79 Å². The summed E-state index contributed by atoms with van der Waals surface area (Å²) in [5, 5.41) is 0. The van der Waals surface area contributed by atoms with E-state index < -0.39 is 6.16 Å². The van der Waals surface area contributed by atoms with Crippen molar-refractivity contribution in [2.45, 2.75) is 6.92 Å². The van der Waals surface area contributed by atoms with Gasteiger partial charge in [-0.05, 0) is 31.2 Å². The molecule has 0 saturated heterocycles. The van der Waals surface area contributed by atoms with E-state index in [0.29, 0.717) is 5.65 Å². The minimum Gasteiger partial charge on any atom is -0.434 e. The molecule has 106 valence electrons. The molecule has 0 radical (unpaired) electrons. The number of pyridine rings is 2. The summed E-state index contributed by atoms with van der Waals surface area (Å²) in [5.41, 5.74) is 2.48. The van der Waals surface area contributed by atoms with E-state index in [1.165, 1.54) is 0 Å². The van der Waals surface area contributed by atoms with Crippen molar-refractivity contribution in [3.05, 3.63) is 48.9 Å². The van der Waals surface area contributed by atoms with Crippen molar-refractivity contribution < 1.29 is 14.3 Å². The first-order valence-corrected chi connectivity index (χ1v) is 6.51. The Balaban J connectivity index is 1.90. The van der Waals surface area contributed by atoms with E-state index in [1.807, 2.05) is 36.5 Å². The molecule has 0 aliphatic carbocycles. The van der Waals surface area contributed by atoms with Crippen molar-refractivity contribution in [2.24, 2.45) is 0 Å². The average Bonchev–Trinajstić information content (AvgIpc) is 2.89. The normalized spacial score (nSPS) is 10.5. The van der Waals surface area contributed by atoms with Gasteiger partial charge in [-0.15, -0.1) is 0 Å². The molecule has 3 heterocycles. The Morgan fingerprint density at radius 3 is 2.90 bits per heavy atom. The zero-order valence-corrected chi connectivity index (χ0v) is 11.4. The molecule has 6 heteroatoms. The minimum atomic E-state index is -0.758. The van der Waals surface area contributed by atoms with Crippen LogP contribution < -0.4 is 4.74 Å². The largest absolute Gasteiger partial charge is 0.515 e. The topological polar surface area (TPSA) is 65.7 Å². The summed E-state index contributed by atoms with van der Waals surface area (Å²) in [6, 6.07) is 9.47. The molecule has 0 aliphatic rings. The second kappa shape index (κ2) is 5.62. The third kappa shape index (κ3) is 2.84. The molecule has 0 unspecified atom stereocenters. The Labute approximate surface area is 121 Å². The van der Waals surface area contributed by atoms with E-state index >= 15 is 0 Å². The monoisotopic (exact) mass is 283 g/mol. The second-order valence-corrected chi connectivity index (χ2v) is 4.26. The fraction of sp³-hybridized carbons (Fsp3) is 0.133. The first-order valence-electron chi connectivity index (χ1n) is 6.51. The average molecular weight is 283 g/mol. The van der Waals surface area contributed by atoms with Crippen LogP contribution in [0.2, 0.25) is 0 Å². The van der Waals surface area contributed by atoms with Crippen LogP contribution >= 0.6 is 0 Å². The molecule has 21 heavy (non-hydrogen) atoms. The summed E-state index contributed by atoms with van der Waals surface area (Å²) in [4.78, 5) is 19.8. The third-order valence-electron chi connectivity index (χ3n) is 2.84. The van der Waals surface area contributed by atoms with E-state index in [0.717, 1.165) is 11.3 Å². The number of carbonyl (C=O) groups is 1. The number of rotatable bonds is 3. The Hall–Kier alpha value is -2.89. The van der Waals surface area contributed by atoms with Gasteiger partial charge < -0.3 is 13.9 Å². The van der Waals surface area contributed by atoms with E-state index in [4.69, 9.17) is 9.47 Å². The van der Waals surface area contributed by atoms with Crippen LogP contribution in [0.4, 0.5) is 4.79 Å². The smallest absolute Gasteiger partial charge is 0.434 e. The lowest BCUT2D eigenvalue weighted by atomic mass is 10.2. The van der Waals surface area contributed by atoms with Crippen LogP contribution in [0.1, 0.15) is 6.92 Å². The molecular weight excluding hydrogens is 270 g/mol. The predicted octanol–water partition coefficient (Wildman–Crippen LogP) is 2.93. The highest BCUT2D eigenvalue weighted by Crippen LogP contribution is 2.19. The maximum absolute atomic E-state index is 11.3. The number of ether oxygens (including phenoxy) is 2. The zero-order chi connectivity index (χ0) is 14.7. The molecule has 0 atom stereocenters. The molecule has 0 aliphatic heterocycles. The van der Waals surface area contributed by atoms with Gasteiger partial charge in [0.25, 0.3) is 0 Å². The standard InChI is InChI=1S/C15H13N3O3/c1-2-20-15(19)21-14-10-18-9-11(6-7-13(18)17-14)12-5-3-4-8-16-12/h3-10H,2H2,1H3. The molecule has 0 aromatic carbocycles. The number of carbonyl (C=O) groups excluding carboxylic acids is 1. The molecule has 0 fully saturated rings. The van der Waals surface area contributed by atoms with Crippen LogP contribution in [0.25, 0.3) is 16.9 Å². The van der Waals surface area contributed by atoms with E-state index in [2.05, 4.69) is 9.97 Å². The molecule has 0 spiro atoms. The Morgan fingerprint density at radius 1 is 1.24 bits per heavy atom. The number of hydrogen-bond acceptors (Lipinski definition) is 5. The van der Waals surface area contributed by atoms with Crippen LogP contribution in [0.15, 0.2) is 48.9 Å². The van der Waals surface area contributed by atoms with Gasteiger partial charge >= 0.3 is 6.16 Å². The number of nitrogens with zero attached hydrogens (tertiary/aromatic N) is 3. The Morgan fingerprint density at radius 2 is 2.14 bits per heavy atom. The van der Waals surface area contributed by atoms with E-state index in [-0.39, 0.29) is 12.5 Å². The van der Waals surface area contributed by atoms with Crippen molar-refractivity contribution in [2.75, 3.05) is 6.61 Å². The highest BCUT2D eigenvalue weighted by atomic mass is 16.7. The molecule has 6 nitrogen and oxygen atoms in total. The summed E-state index contributed by atoms with van der Waals surface area (Å²) in [7, 11) is 0. The number of imidazole rings is 1. The van der Waals surface area contributed by atoms with E-state index in [9.17, 15) is 4.79 Å². The van der Waals surface area contributed by atoms with E-state index in [1.54, 1.807) is 23.7 Å². The van der Waals surface area contributed by atoms with Crippen molar-refractivity contribution >= 4 is 11.8 Å². The lowest BCUT2D eigenvalue weighted by molar-refractivity contribution is 0.103. The van der Waals surface area contributed by atoms with Crippen LogP contribution in [0.5, 0.6) is 5.88 Å². The first kappa shape index (κ1) is 13.1. The quantitative estimate of drug-likeness (QED) is 0.691. The van der Waals surface area contributed by atoms with Gasteiger partial charge in [0.15, 0.2) is 0 Å². The van der Waals surface area contributed by atoms with Crippen LogP contribution in [0.3, 0.4) is 0 Å². The maximum Gasteiger partial charge on any atom is 0.515 e. The SMILES string of the molecule is CCOC(=O)Oc1cn2cc(-c3ccccn3)ccc2n1. The number of aromatic nitrogens is 3. The maximum atomic E-state index is 11.3. The molecule has 3 aromatic heterocycles. The highest BCUT2D eigenvalue weighted by molar-refractivity contribution is 5.64. The molecule has 0 amide bonds. The van der Waals surface area contributed by atoms with Gasteiger partial charge in [-0.1, -0.05) is 6.07 Å². The summed E-state index contributed by atoms with van der Waals surface area (Å²) in [6.07, 6.45) is 4.48. The van der Waals surface area contributed by atoms with Crippen molar-refractivity contribution in [1.82, 2.24) is 14.4 Å². The van der Waals surface area contributed by atoms with Gasteiger partial charge in [0, 0.05) is 18.0 Å². The van der Waals surface area contributed by atoms with Gasteiger partial charge in [-0.2, -0.15) is 4.98 Å². The van der Waals surface area contributed by atoms with Gasteiger partial charge in [-0.3, -0.25) is 4.98 Å². The predicted molar refractivity (Wildman–Crippen MR) is 76.1 cm³/mol. The zero-order valence-electron chi connectivity index (χ0n) is 11.4. The molecule has 0 bridgehead atoms. The summed E-state index contributed by atoms with van der Waals surface area (Å²) < 4.78 is 11.5. The van der Waals surface area contributed by atoms with Crippen LogP contribution in [0, 0.1) is 0 Å².